The highest BCUT2D eigenvalue weighted by Gasteiger charge is 2.03. The van der Waals surface area contributed by atoms with Crippen LogP contribution in [0.5, 0.6) is 0 Å². The molecule has 0 heteroatoms. The topological polar surface area (TPSA) is 0 Å². The van der Waals surface area contributed by atoms with Crippen LogP contribution in [0, 0.1) is 6.42 Å². The molecule has 0 saturated heterocycles. The Kier molecular flexibility index (Phi) is 5.11. The molecule has 0 heterocycles. The third-order valence-corrected chi connectivity index (χ3v) is 4.45. The van der Waals surface area contributed by atoms with E-state index < -0.39 is 0 Å². The van der Waals surface area contributed by atoms with Crippen LogP contribution < -0.4 is 0 Å². The van der Waals surface area contributed by atoms with Crippen molar-refractivity contribution in [2.75, 3.05) is 0 Å². The fraction of sp³-hybridized carbons (Fsp3) is 0.318. The molecule has 0 aliphatic heterocycles. The summed E-state index contributed by atoms with van der Waals surface area (Å²) in [6.45, 7) is 2.27. The first-order valence-electron chi connectivity index (χ1n) is 8.63. The second-order valence-corrected chi connectivity index (χ2v) is 6.17. The van der Waals surface area contributed by atoms with Gasteiger partial charge in [0.1, 0.15) is 0 Å². The van der Waals surface area contributed by atoms with E-state index in [-0.39, 0.29) is 0 Å². The van der Waals surface area contributed by atoms with Gasteiger partial charge < -0.3 is 0 Å². The lowest BCUT2D eigenvalue weighted by Crippen LogP contribution is -1.87. The molecule has 0 atom stereocenters. The fourth-order valence-electron chi connectivity index (χ4n) is 3.17. The second kappa shape index (κ2) is 7.45. The van der Waals surface area contributed by atoms with E-state index in [2.05, 4.69) is 67.9 Å². The highest BCUT2D eigenvalue weighted by molar-refractivity contribution is 6.00. The van der Waals surface area contributed by atoms with Gasteiger partial charge in [-0.3, -0.25) is 0 Å². The third kappa shape index (κ3) is 3.50. The van der Waals surface area contributed by atoms with Crippen molar-refractivity contribution in [2.24, 2.45) is 0 Å². The number of hydrogen-bond acceptors (Lipinski definition) is 0. The Morgan fingerprint density at radius 3 is 2.27 bits per heavy atom. The van der Waals surface area contributed by atoms with E-state index in [1.165, 1.54) is 65.6 Å². The zero-order chi connectivity index (χ0) is 15.2. The quantitative estimate of drug-likeness (QED) is 0.327. The molecule has 0 amide bonds. The van der Waals surface area contributed by atoms with E-state index in [1.807, 2.05) is 0 Å². The van der Waals surface area contributed by atoms with Crippen molar-refractivity contribution >= 4 is 21.5 Å². The van der Waals surface area contributed by atoms with Gasteiger partial charge in [0.15, 0.2) is 0 Å². The van der Waals surface area contributed by atoms with Gasteiger partial charge in [-0.1, -0.05) is 81.5 Å². The minimum Gasteiger partial charge on any atom is -0.0654 e. The average molecular weight is 289 g/mol. The van der Waals surface area contributed by atoms with Crippen molar-refractivity contribution in [3.63, 3.8) is 0 Å². The van der Waals surface area contributed by atoms with Gasteiger partial charge in [0.2, 0.25) is 0 Å². The molecule has 0 aliphatic rings. The summed E-state index contributed by atoms with van der Waals surface area (Å²) in [7, 11) is 0. The van der Waals surface area contributed by atoms with Gasteiger partial charge in [-0.25, -0.2) is 0 Å². The van der Waals surface area contributed by atoms with Gasteiger partial charge >= 0.3 is 0 Å². The molecule has 0 nitrogen and oxygen atoms in total. The lowest BCUT2D eigenvalue weighted by Gasteiger charge is -2.08. The average Bonchev–Trinajstić information content (AvgIpc) is 2.56. The summed E-state index contributed by atoms with van der Waals surface area (Å²) in [5.74, 6) is 0. The van der Waals surface area contributed by atoms with Gasteiger partial charge in [0.05, 0.1) is 0 Å². The Hall–Kier alpha value is -1.82. The molecule has 0 aliphatic carbocycles. The minimum absolute atomic E-state index is 1.19. The number of hydrogen-bond donors (Lipinski definition) is 0. The lowest BCUT2D eigenvalue weighted by atomic mass is 9.96. The van der Waals surface area contributed by atoms with Gasteiger partial charge in [-0.2, -0.15) is 0 Å². The van der Waals surface area contributed by atoms with Crippen molar-refractivity contribution < 1.29 is 0 Å². The zero-order valence-electron chi connectivity index (χ0n) is 13.5. The summed E-state index contributed by atoms with van der Waals surface area (Å²) in [6.07, 6.45) is 10.4. The molecule has 0 fully saturated rings. The van der Waals surface area contributed by atoms with Crippen LogP contribution in [0.2, 0.25) is 0 Å². The predicted molar refractivity (Wildman–Crippen MR) is 98.2 cm³/mol. The van der Waals surface area contributed by atoms with Crippen LogP contribution in [0.3, 0.4) is 0 Å². The van der Waals surface area contributed by atoms with Crippen molar-refractivity contribution in [3.05, 3.63) is 66.6 Å². The number of benzene rings is 3. The number of fused-ring (bicyclic) bond motifs is 2. The first-order valence-corrected chi connectivity index (χ1v) is 8.63. The molecule has 0 unspecified atom stereocenters. The smallest absolute Gasteiger partial charge is 0.00867 e. The van der Waals surface area contributed by atoms with E-state index in [9.17, 15) is 0 Å². The molecule has 0 N–H and O–H groups in total. The van der Waals surface area contributed by atoms with Gasteiger partial charge in [0, 0.05) is 0 Å². The van der Waals surface area contributed by atoms with Crippen molar-refractivity contribution in [1.29, 1.82) is 0 Å². The molecule has 0 aromatic heterocycles. The van der Waals surface area contributed by atoms with Gasteiger partial charge in [0.25, 0.3) is 0 Å². The van der Waals surface area contributed by atoms with E-state index in [0.717, 1.165) is 0 Å². The summed E-state index contributed by atoms with van der Waals surface area (Å²) in [5, 5.41) is 5.39. The highest BCUT2D eigenvalue weighted by Crippen LogP contribution is 2.27. The third-order valence-electron chi connectivity index (χ3n) is 4.45. The Bertz CT molecular complexity index is 739. The summed E-state index contributed by atoms with van der Waals surface area (Å²) >= 11 is 0. The molecule has 0 saturated carbocycles. The van der Waals surface area contributed by atoms with Crippen LogP contribution in [-0.4, -0.2) is 0 Å². The molecule has 22 heavy (non-hydrogen) atoms. The van der Waals surface area contributed by atoms with E-state index in [0.29, 0.717) is 0 Å². The van der Waals surface area contributed by atoms with Crippen molar-refractivity contribution in [3.8, 4) is 0 Å². The van der Waals surface area contributed by atoms with E-state index in [4.69, 9.17) is 0 Å². The molecular formula is C22H25. The van der Waals surface area contributed by atoms with E-state index in [1.54, 1.807) is 0 Å². The fourth-order valence-corrected chi connectivity index (χ4v) is 3.17. The summed E-state index contributed by atoms with van der Waals surface area (Å²) < 4.78 is 0. The molecule has 1 radical (unpaired) electrons. The largest absolute Gasteiger partial charge is 0.0654 e. The standard InChI is InChI=1S/C22H25/c1-2-3-4-5-6-7-11-18-14-10-15-21-16-19-12-8-9-13-20(19)17-22(18)21/h8-17H,2-7H2,1H3. The SMILES string of the molecule is CCCCCCC[CH]c1cccc2cc3ccccc3cc12. The lowest BCUT2D eigenvalue weighted by molar-refractivity contribution is 0.631. The van der Waals surface area contributed by atoms with Crippen LogP contribution in [0.25, 0.3) is 21.5 Å². The maximum Gasteiger partial charge on any atom is -0.00867 e. The normalized spacial score (nSPS) is 11.3. The highest BCUT2D eigenvalue weighted by atomic mass is 14.1. The summed E-state index contributed by atoms with van der Waals surface area (Å²) in [4.78, 5) is 0. The second-order valence-electron chi connectivity index (χ2n) is 6.17. The Labute approximate surface area is 134 Å². The van der Waals surface area contributed by atoms with Crippen LogP contribution in [-0.2, 0) is 0 Å². The van der Waals surface area contributed by atoms with Gasteiger partial charge in [-0.15, -0.1) is 0 Å². The molecule has 3 aromatic rings. The Morgan fingerprint density at radius 1 is 0.727 bits per heavy atom. The molecule has 3 rings (SSSR count). The monoisotopic (exact) mass is 289 g/mol. The van der Waals surface area contributed by atoms with Gasteiger partial charge in [-0.05, 0) is 52.1 Å². The van der Waals surface area contributed by atoms with Crippen molar-refractivity contribution in [1.82, 2.24) is 0 Å². The maximum atomic E-state index is 2.42. The summed E-state index contributed by atoms with van der Waals surface area (Å²) in [6, 6.07) is 19.9. The predicted octanol–water partition coefficient (Wildman–Crippen LogP) is 6.91. The minimum atomic E-state index is 1.19. The first-order chi connectivity index (χ1) is 10.9. The zero-order valence-corrected chi connectivity index (χ0v) is 13.5. The van der Waals surface area contributed by atoms with Crippen LogP contribution >= 0.6 is 0 Å². The van der Waals surface area contributed by atoms with Crippen LogP contribution in [0.15, 0.2) is 54.6 Å². The Morgan fingerprint density at radius 2 is 1.45 bits per heavy atom. The number of unbranched alkanes of at least 4 members (excludes halogenated alkanes) is 5. The molecular weight excluding hydrogens is 264 g/mol. The first kappa shape index (κ1) is 15.1. The molecule has 113 valence electrons. The molecule has 3 aromatic carbocycles. The molecule has 0 bridgehead atoms. The number of rotatable bonds is 7. The van der Waals surface area contributed by atoms with Crippen LogP contribution in [0.1, 0.15) is 51.0 Å². The van der Waals surface area contributed by atoms with Crippen molar-refractivity contribution in [2.45, 2.75) is 45.4 Å². The van der Waals surface area contributed by atoms with Crippen LogP contribution in [0.4, 0.5) is 0 Å². The maximum absolute atomic E-state index is 2.42. The summed E-state index contributed by atoms with van der Waals surface area (Å²) in [5.41, 5.74) is 1.39. The molecule has 0 spiro atoms. The Balaban J connectivity index is 1.76. The van der Waals surface area contributed by atoms with E-state index >= 15 is 0 Å².